The predicted octanol–water partition coefficient (Wildman–Crippen LogP) is 2.02. The van der Waals surface area contributed by atoms with Crippen molar-refractivity contribution in [1.82, 2.24) is 5.32 Å². The lowest BCUT2D eigenvalue weighted by molar-refractivity contribution is -0.143. The summed E-state index contributed by atoms with van der Waals surface area (Å²) in [6.07, 6.45) is 0.680. The second-order valence-corrected chi connectivity index (χ2v) is 7.33. The number of rotatable bonds is 7. The Morgan fingerprint density at radius 2 is 2.12 bits per heavy atom. The smallest absolute Gasteiger partial charge is 0.326 e. The molecule has 0 aliphatic carbocycles. The van der Waals surface area contributed by atoms with E-state index in [1.54, 1.807) is 13.2 Å². The van der Waals surface area contributed by atoms with E-state index in [-0.39, 0.29) is 31.1 Å². The first-order valence-corrected chi connectivity index (χ1v) is 8.66. The second-order valence-electron chi connectivity index (χ2n) is 7.33. The highest BCUT2D eigenvalue weighted by Gasteiger charge is 2.30. The van der Waals surface area contributed by atoms with Gasteiger partial charge in [-0.05, 0) is 51.0 Å². The minimum Gasteiger partial charge on any atom is -0.497 e. The van der Waals surface area contributed by atoms with Gasteiger partial charge in [-0.1, -0.05) is 0 Å². The molecule has 0 saturated heterocycles. The normalized spacial score (nSPS) is 17.6. The SMILES string of the molecule is COc1ccc2c(c1)CC(C(=O)NC(CCOC(C)(C)C)C(=O)O)CO2. The van der Waals surface area contributed by atoms with Gasteiger partial charge in [0, 0.05) is 13.0 Å². The average molecular weight is 365 g/mol. The number of carboxylic acid groups (broad SMARTS) is 1. The predicted molar refractivity (Wildman–Crippen MR) is 95.6 cm³/mol. The molecule has 1 aromatic rings. The van der Waals surface area contributed by atoms with Crippen LogP contribution in [0, 0.1) is 5.92 Å². The molecule has 2 unspecified atom stereocenters. The van der Waals surface area contributed by atoms with E-state index in [4.69, 9.17) is 14.2 Å². The summed E-state index contributed by atoms with van der Waals surface area (Å²) >= 11 is 0. The van der Waals surface area contributed by atoms with E-state index in [2.05, 4.69) is 5.32 Å². The fourth-order valence-corrected chi connectivity index (χ4v) is 2.70. The van der Waals surface area contributed by atoms with Gasteiger partial charge in [-0.2, -0.15) is 0 Å². The average Bonchev–Trinajstić information content (AvgIpc) is 2.58. The summed E-state index contributed by atoms with van der Waals surface area (Å²) in [5, 5.41) is 12.0. The van der Waals surface area contributed by atoms with Crippen LogP contribution in [0.25, 0.3) is 0 Å². The highest BCUT2D eigenvalue weighted by atomic mass is 16.5. The molecule has 0 radical (unpaired) electrons. The molecule has 2 rings (SSSR count). The van der Waals surface area contributed by atoms with Crippen LogP contribution in [0.2, 0.25) is 0 Å². The van der Waals surface area contributed by atoms with Gasteiger partial charge in [-0.15, -0.1) is 0 Å². The van der Waals surface area contributed by atoms with Crippen molar-refractivity contribution in [3.05, 3.63) is 23.8 Å². The third kappa shape index (κ3) is 5.62. The van der Waals surface area contributed by atoms with Gasteiger partial charge >= 0.3 is 5.97 Å². The fourth-order valence-electron chi connectivity index (χ4n) is 2.70. The van der Waals surface area contributed by atoms with E-state index in [0.717, 1.165) is 11.3 Å². The van der Waals surface area contributed by atoms with Crippen LogP contribution in [0.3, 0.4) is 0 Å². The van der Waals surface area contributed by atoms with Gasteiger partial charge in [-0.25, -0.2) is 4.79 Å². The van der Waals surface area contributed by atoms with Crippen molar-refractivity contribution in [2.45, 2.75) is 45.3 Å². The molecule has 1 aliphatic heterocycles. The summed E-state index contributed by atoms with van der Waals surface area (Å²) in [7, 11) is 1.58. The lowest BCUT2D eigenvalue weighted by Gasteiger charge is -2.26. The molecule has 1 aromatic carbocycles. The second kappa shape index (κ2) is 8.40. The highest BCUT2D eigenvalue weighted by molar-refractivity contribution is 5.85. The number of hydrogen-bond acceptors (Lipinski definition) is 5. The lowest BCUT2D eigenvalue weighted by atomic mass is 9.95. The minimum atomic E-state index is -1.07. The molecule has 144 valence electrons. The molecule has 1 aliphatic rings. The Hall–Kier alpha value is -2.28. The van der Waals surface area contributed by atoms with Crippen LogP contribution in [0.4, 0.5) is 0 Å². The zero-order valence-corrected chi connectivity index (χ0v) is 15.7. The van der Waals surface area contributed by atoms with Crippen molar-refractivity contribution < 1.29 is 28.9 Å². The molecule has 26 heavy (non-hydrogen) atoms. The fraction of sp³-hybridized carbons (Fsp3) is 0.579. The van der Waals surface area contributed by atoms with E-state index >= 15 is 0 Å². The number of carbonyl (C=O) groups is 2. The first kappa shape index (κ1) is 20.0. The number of carboxylic acids is 1. The van der Waals surface area contributed by atoms with Crippen molar-refractivity contribution >= 4 is 11.9 Å². The summed E-state index contributed by atoms with van der Waals surface area (Å²) in [4.78, 5) is 23.9. The summed E-state index contributed by atoms with van der Waals surface area (Å²) in [5.74, 6) is -0.435. The van der Waals surface area contributed by atoms with Gasteiger partial charge in [0.1, 0.15) is 24.1 Å². The highest BCUT2D eigenvalue weighted by Crippen LogP contribution is 2.30. The molecular weight excluding hydrogens is 338 g/mol. The number of fused-ring (bicyclic) bond motifs is 1. The van der Waals surface area contributed by atoms with Crippen LogP contribution in [-0.2, 0) is 20.7 Å². The Labute approximate surface area is 153 Å². The molecule has 7 heteroatoms. The van der Waals surface area contributed by atoms with Crippen LogP contribution < -0.4 is 14.8 Å². The van der Waals surface area contributed by atoms with E-state index in [1.165, 1.54) is 0 Å². The Bertz CT molecular complexity index is 652. The molecule has 1 heterocycles. The van der Waals surface area contributed by atoms with E-state index < -0.39 is 17.9 Å². The molecule has 7 nitrogen and oxygen atoms in total. The van der Waals surface area contributed by atoms with E-state index in [0.29, 0.717) is 12.2 Å². The monoisotopic (exact) mass is 365 g/mol. The zero-order chi connectivity index (χ0) is 19.3. The van der Waals surface area contributed by atoms with Crippen molar-refractivity contribution in [1.29, 1.82) is 0 Å². The molecule has 1 amide bonds. The molecule has 0 aromatic heterocycles. The standard InChI is InChI=1S/C19H27NO6/c1-19(2,3)26-8-7-15(18(22)23)20-17(21)13-9-12-10-14(24-4)5-6-16(12)25-11-13/h5-6,10,13,15H,7-9,11H2,1-4H3,(H,20,21)(H,22,23). The number of aliphatic carboxylic acids is 1. The molecule has 2 N–H and O–H groups in total. The third-order valence-corrected chi connectivity index (χ3v) is 4.10. The minimum absolute atomic E-state index is 0.205. The Kier molecular flexibility index (Phi) is 6.47. The number of nitrogens with one attached hydrogen (secondary N) is 1. The summed E-state index contributed by atoms with van der Waals surface area (Å²) < 4.78 is 16.4. The first-order valence-electron chi connectivity index (χ1n) is 8.66. The van der Waals surface area contributed by atoms with E-state index in [1.807, 2.05) is 32.9 Å². The molecule has 2 atom stereocenters. The van der Waals surface area contributed by atoms with Gasteiger partial charge in [0.05, 0.1) is 18.6 Å². The summed E-state index contributed by atoms with van der Waals surface area (Å²) in [6, 6.07) is 4.46. The van der Waals surface area contributed by atoms with Gasteiger partial charge in [0.15, 0.2) is 0 Å². The van der Waals surface area contributed by atoms with Crippen LogP contribution >= 0.6 is 0 Å². The quantitative estimate of drug-likeness (QED) is 0.768. The topological polar surface area (TPSA) is 94.1 Å². The van der Waals surface area contributed by atoms with Gasteiger partial charge < -0.3 is 24.6 Å². The zero-order valence-electron chi connectivity index (χ0n) is 15.7. The third-order valence-electron chi connectivity index (χ3n) is 4.10. The molecular formula is C19H27NO6. The van der Waals surface area contributed by atoms with Crippen molar-refractivity contribution in [3.63, 3.8) is 0 Å². The number of methoxy groups -OCH3 is 1. The van der Waals surface area contributed by atoms with E-state index in [9.17, 15) is 14.7 Å². The molecule has 0 fully saturated rings. The first-order chi connectivity index (χ1) is 12.2. The van der Waals surface area contributed by atoms with Crippen molar-refractivity contribution in [2.24, 2.45) is 5.92 Å². The van der Waals surface area contributed by atoms with Gasteiger partial charge in [-0.3, -0.25) is 4.79 Å². The number of ether oxygens (including phenoxy) is 3. The number of hydrogen-bond donors (Lipinski definition) is 2. The molecule has 0 bridgehead atoms. The maximum Gasteiger partial charge on any atom is 0.326 e. The van der Waals surface area contributed by atoms with Crippen molar-refractivity contribution in [3.8, 4) is 11.5 Å². The van der Waals surface area contributed by atoms with Crippen LogP contribution in [0.5, 0.6) is 11.5 Å². The van der Waals surface area contributed by atoms with Crippen molar-refractivity contribution in [2.75, 3.05) is 20.3 Å². The molecule has 0 spiro atoms. The Morgan fingerprint density at radius 1 is 1.38 bits per heavy atom. The summed E-state index contributed by atoms with van der Waals surface area (Å²) in [5.41, 5.74) is 0.520. The number of amides is 1. The van der Waals surface area contributed by atoms with Crippen LogP contribution in [0.15, 0.2) is 18.2 Å². The molecule has 0 saturated carbocycles. The van der Waals surface area contributed by atoms with Gasteiger partial charge in [0.25, 0.3) is 0 Å². The van der Waals surface area contributed by atoms with Gasteiger partial charge in [0.2, 0.25) is 5.91 Å². The maximum atomic E-state index is 12.5. The largest absolute Gasteiger partial charge is 0.497 e. The Morgan fingerprint density at radius 3 is 2.73 bits per heavy atom. The van der Waals surface area contributed by atoms with Crippen LogP contribution in [-0.4, -0.2) is 48.9 Å². The number of benzene rings is 1. The summed E-state index contributed by atoms with van der Waals surface area (Å²) in [6.45, 7) is 6.16. The van der Waals surface area contributed by atoms with Crippen LogP contribution in [0.1, 0.15) is 32.8 Å². The Balaban J connectivity index is 1.95. The number of carbonyl (C=O) groups excluding carboxylic acids is 1. The maximum absolute atomic E-state index is 12.5. The lowest BCUT2D eigenvalue weighted by Crippen LogP contribution is -2.46.